The highest BCUT2D eigenvalue weighted by molar-refractivity contribution is 7.45. The molecule has 0 saturated carbocycles. The molecule has 9 heteroatoms. The standard InChI is InChI=1S/C27H56NO7P/c1-6-7-8-9-10-11-12-13-14-15-16-17-18-19-20-21-23-32-27(35-26(2)29)25-34-36(30,31)33-24-22-28(3,4)5/h27H,6-25H2,1-5H3/t27-/m0/s1. The number of likely N-dealkylation sites (N-methyl/N-ethyl adjacent to an activating group) is 1. The van der Waals surface area contributed by atoms with Gasteiger partial charge in [-0.25, -0.2) is 0 Å². The Hall–Kier alpha value is -0.500. The lowest BCUT2D eigenvalue weighted by Gasteiger charge is -2.28. The Morgan fingerprint density at radius 1 is 0.750 bits per heavy atom. The van der Waals surface area contributed by atoms with Crippen molar-refractivity contribution in [1.29, 1.82) is 0 Å². The van der Waals surface area contributed by atoms with Gasteiger partial charge in [0.25, 0.3) is 7.82 Å². The number of carbonyl (C=O) groups excluding carboxylic acids is 1. The highest BCUT2D eigenvalue weighted by atomic mass is 31.2. The maximum atomic E-state index is 11.9. The molecule has 0 N–H and O–H groups in total. The van der Waals surface area contributed by atoms with Crippen molar-refractivity contribution >= 4 is 13.8 Å². The molecule has 0 saturated heterocycles. The number of unbranched alkanes of at least 4 members (excludes halogenated alkanes) is 15. The number of nitrogens with zero attached hydrogens (tertiary/aromatic N) is 1. The minimum absolute atomic E-state index is 0.0164. The second-order valence-corrected chi connectivity index (χ2v) is 12.2. The third kappa shape index (κ3) is 26.6. The van der Waals surface area contributed by atoms with Crippen LogP contribution in [0.5, 0.6) is 0 Å². The zero-order valence-electron chi connectivity index (χ0n) is 24.0. The van der Waals surface area contributed by atoms with Crippen molar-refractivity contribution in [3.8, 4) is 0 Å². The number of ether oxygens (including phenoxy) is 2. The van der Waals surface area contributed by atoms with E-state index < -0.39 is 26.7 Å². The molecule has 1 unspecified atom stereocenters. The molecule has 0 aromatic heterocycles. The third-order valence-electron chi connectivity index (χ3n) is 5.98. The van der Waals surface area contributed by atoms with E-state index in [2.05, 4.69) is 6.92 Å². The summed E-state index contributed by atoms with van der Waals surface area (Å²) < 4.78 is 32.8. The van der Waals surface area contributed by atoms with Crippen molar-refractivity contribution in [1.82, 2.24) is 0 Å². The van der Waals surface area contributed by atoms with Gasteiger partial charge in [-0.15, -0.1) is 0 Å². The first kappa shape index (κ1) is 35.5. The van der Waals surface area contributed by atoms with Crippen LogP contribution in [0, 0.1) is 0 Å². The molecule has 0 spiro atoms. The van der Waals surface area contributed by atoms with Gasteiger partial charge in [0, 0.05) is 6.92 Å². The first-order valence-corrected chi connectivity index (χ1v) is 15.7. The second-order valence-electron chi connectivity index (χ2n) is 10.8. The number of rotatable bonds is 26. The maximum Gasteiger partial charge on any atom is 0.305 e. The van der Waals surface area contributed by atoms with Crippen LogP contribution in [0.3, 0.4) is 0 Å². The lowest BCUT2D eigenvalue weighted by atomic mass is 10.0. The Morgan fingerprint density at radius 3 is 1.61 bits per heavy atom. The summed E-state index contributed by atoms with van der Waals surface area (Å²) in [7, 11) is 1.32. The van der Waals surface area contributed by atoms with Crippen LogP contribution in [0.1, 0.15) is 117 Å². The number of esters is 1. The summed E-state index contributed by atoms with van der Waals surface area (Å²) in [6.07, 6.45) is 19.5. The lowest BCUT2D eigenvalue weighted by Crippen LogP contribution is -2.37. The molecule has 8 nitrogen and oxygen atoms in total. The van der Waals surface area contributed by atoms with Crippen LogP contribution < -0.4 is 4.89 Å². The highest BCUT2D eigenvalue weighted by Crippen LogP contribution is 2.38. The van der Waals surface area contributed by atoms with Crippen molar-refractivity contribution in [3.63, 3.8) is 0 Å². The van der Waals surface area contributed by atoms with Gasteiger partial charge in [0.15, 0.2) is 0 Å². The molecule has 216 valence electrons. The Balaban J connectivity index is 3.74. The van der Waals surface area contributed by atoms with Crippen LogP contribution >= 0.6 is 7.82 Å². The minimum Gasteiger partial charge on any atom is -0.756 e. The van der Waals surface area contributed by atoms with E-state index in [1.165, 1.54) is 90.4 Å². The lowest BCUT2D eigenvalue weighted by molar-refractivity contribution is -0.870. The van der Waals surface area contributed by atoms with E-state index in [1.54, 1.807) is 0 Å². The molecular weight excluding hydrogens is 481 g/mol. The fourth-order valence-corrected chi connectivity index (χ4v) is 4.47. The predicted molar refractivity (Wildman–Crippen MR) is 143 cm³/mol. The molecule has 0 bridgehead atoms. The number of quaternary nitrogens is 1. The van der Waals surface area contributed by atoms with Gasteiger partial charge in [-0.05, 0) is 6.42 Å². The predicted octanol–water partition coefficient (Wildman–Crippen LogP) is 6.36. The zero-order chi connectivity index (χ0) is 27.1. The van der Waals surface area contributed by atoms with Crippen LogP contribution in [0.2, 0.25) is 0 Å². The van der Waals surface area contributed by atoms with Gasteiger partial charge in [0.2, 0.25) is 6.29 Å². The summed E-state index contributed by atoms with van der Waals surface area (Å²) in [6, 6.07) is 0. The Bertz CT molecular complexity index is 569. The molecule has 0 rings (SSSR count). The molecular formula is C27H56NO7P. The van der Waals surface area contributed by atoms with Gasteiger partial charge < -0.3 is 27.9 Å². The van der Waals surface area contributed by atoms with Gasteiger partial charge in [-0.1, -0.05) is 103 Å². The van der Waals surface area contributed by atoms with Crippen molar-refractivity contribution in [3.05, 3.63) is 0 Å². The quantitative estimate of drug-likeness (QED) is 0.0416. The fraction of sp³-hybridized carbons (Fsp3) is 0.963. The molecule has 0 amide bonds. The van der Waals surface area contributed by atoms with E-state index in [1.807, 2.05) is 21.1 Å². The topological polar surface area (TPSA) is 94.1 Å². The van der Waals surface area contributed by atoms with Gasteiger partial charge in [-0.3, -0.25) is 9.36 Å². The highest BCUT2D eigenvalue weighted by Gasteiger charge is 2.19. The van der Waals surface area contributed by atoms with Gasteiger partial charge in [0.1, 0.15) is 19.8 Å². The van der Waals surface area contributed by atoms with E-state index in [9.17, 15) is 14.3 Å². The Morgan fingerprint density at radius 2 is 1.19 bits per heavy atom. The van der Waals surface area contributed by atoms with E-state index in [-0.39, 0.29) is 6.61 Å². The Labute approximate surface area is 221 Å². The summed E-state index contributed by atoms with van der Waals surface area (Å²) >= 11 is 0. The number of hydrogen-bond donors (Lipinski definition) is 0. The summed E-state index contributed by atoms with van der Waals surface area (Å²) in [6.45, 7) is 4.01. The molecule has 0 fully saturated rings. The molecule has 2 atom stereocenters. The number of phosphoric acid groups is 1. The first-order chi connectivity index (χ1) is 17.1. The first-order valence-electron chi connectivity index (χ1n) is 14.2. The summed E-state index contributed by atoms with van der Waals surface area (Å²) in [4.78, 5) is 23.2. The van der Waals surface area contributed by atoms with Crippen LogP contribution in [0.15, 0.2) is 0 Å². The molecule has 36 heavy (non-hydrogen) atoms. The molecule has 0 aromatic rings. The number of hydrogen-bond acceptors (Lipinski definition) is 7. The van der Waals surface area contributed by atoms with Crippen molar-refractivity contribution in [2.75, 3.05) is 47.5 Å². The van der Waals surface area contributed by atoms with Gasteiger partial charge in [0.05, 0.1) is 27.7 Å². The number of carbonyl (C=O) groups is 1. The molecule has 0 radical (unpaired) electrons. The smallest absolute Gasteiger partial charge is 0.305 e. The Kier molecular flexibility index (Phi) is 22.2. The van der Waals surface area contributed by atoms with E-state index in [0.29, 0.717) is 17.6 Å². The fourth-order valence-electron chi connectivity index (χ4n) is 3.78. The summed E-state index contributed by atoms with van der Waals surface area (Å²) in [5.41, 5.74) is 0. The van der Waals surface area contributed by atoms with Gasteiger partial charge in [-0.2, -0.15) is 0 Å². The van der Waals surface area contributed by atoms with Crippen LogP contribution in [0.25, 0.3) is 0 Å². The average Bonchev–Trinajstić information content (AvgIpc) is 2.78. The monoisotopic (exact) mass is 537 g/mol. The molecule has 0 aliphatic heterocycles. The third-order valence-corrected chi connectivity index (χ3v) is 6.94. The second kappa shape index (κ2) is 22.5. The zero-order valence-corrected chi connectivity index (χ0v) is 24.9. The van der Waals surface area contributed by atoms with Crippen molar-refractivity contribution < 1.29 is 37.3 Å². The van der Waals surface area contributed by atoms with Gasteiger partial charge >= 0.3 is 5.97 Å². The minimum atomic E-state index is -4.48. The maximum absolute atomic E-state index is 11.9. The van der Waals surface area contributed by atoms with Crippen LogP contribution in [-0.2, 0) is 27.9 Å². The molecule has 0 aliphatic rings. The average molecular weight is 538 g/mol. The molecule has 0 aliphatic carbocycles. The van der Waals surface area contributed by atoms with E-state index in [4.69, 9.17) is 18.5 Å². The van der Waals surface area contributed by atoms with Crippen molar-refractivity contribution in [2.45, 2.75) is 123 Å². The van der Waals surface area contributed by atoms with E-state index in [0.717, 1.165) is 19.3 Å². The molecule has 0 aromatic carbocycles. The van der Waals surface area contributed by atoms with Crippen molar-refractivity contribution in [2.24, 2.45) is 0 Å². The molecule has 0 heterocycles. The van der Waals surface area contributed by atoms with E-state index >= 15 is 0 Å². The largest absolute Gasteiger partial charge is 0.756 e. The van der Waals surface area contributed by atoms with Crippen LogP contribution in [-0.4, -0.2) is 64.3 Å². The normalized spacial score (nSPS) is 14.5. The number of phosphoric ester groups is 1. The van der Waals surface area contributed by atoms with Crippen LogP contribution in [0.4, 0.5) is 0 Å². The summed E-state index contributed by atoms with van der Waals surface area (Å²) in [5.74, 6) is -0.553. The summed E-state index contributed by atoms with van der Waals surface area (Å²) in [5, 5.41) is 0. The SMILES string of the molecule is CCCCCCCCCCCCCCCCCCO[C@H](COP(=O)([O-])OCC[N+](C)(C)C)OC(C)=O.